The van der Waals surface area contributed by atoms with Crippen LogP contribution in [0.25, 0.3) is 0 Å². The highest BCUT2D eigenvalue weighted by molar-refractivity contribution is 7.89. The van der Waals surface area contributed by atoms with Gasteiger partial charge in [0.15, 0.2) is 28.2 Å². The quantitative estimate of drug-likeness (QED) is 0.653. The van der Waals surface area contributed by atoms with Gasteiger partial charge in [0, 0.05) is 25.2 Å². The second-order valence-corrected chi connectivity index (χ2v) is 6.08. The minimum absolute atomic E-state index is 0.0423. The van der Waals surface area contributed by atoms with Crippen molar-refractivity contribution in [2.24, 2.45) is 5.73 Å². The number of nitrogens with zero attached hydrogens (tertiary/aromatic N) is 1. The van der Waals surface area contributed by atoms with Crippen LogP contribution in [-0.4, -0.2) is 31.9 Å². The molecule has 1 aromatic rings. The fourth-order valence-electron chi connectivity index (χ4n) is 1.88. The highest BCUT2D eigenvalue weighted by Crippen LogP contribution is 2.28. The van der Waals surface area contributed by atoms with Crippen molar-refractivity contribution in [3.8, 4) is 0 Å². The van der Waals surface area contributed by atoms with Crippen molar-refractivity contribution < 1.29 is 26.0 Å². The van der Waals surface area contributed by atoms with Gasteiger partial charge >= 0.3 is 0 Å². The van der Waals surface area contributed by atoms with Crippen LogP contribution in [-0.2, 0) is 10.0 Å². The predicted octanol–water partition coefficient (Wildman–Crippen LogP) is 0.965. The van der Waals surface area contributed by atoms with Crippen molar-refractivity contribution >= 4 is 10.0 Å². The molecule has 19 heavy (non-hydrogen) atoms. The summed E-state index contributed by atoms with van der Waals surface area (Å²) in [5.74, 6) is -7.39. The largest absolute Gasteiger partial charge is 0.326 e. The molecule has 0 amide bonds. The van der Waals surface area contributed by atoms with E-state index in [2.05, 4.69) is 0 Å². The second-order valence-electron chi connectivity index (χ2n) is 4.21. The number of nitrogens with two attached hydrogens (primary N) is 1. The van der Waals surface area contributed by atoms with E-state index in [4.69, 9.17) is 5.73 Å². The summed E-state index contributed by atoms with van der Waals surface area (Å²) in [6.45, 7) is -0.208. The number of halogens is 4. The molecule has 1 saturated heterocycles. The molecule has 2 rings (SSSR count). The maximum Gasteiger partial charge on any atom is 0.249 e. The zero-order valence-electron chi connectivity index (χ0n) is 9.54. The van der Waals surface area contributed by atoms with Gasteiger partial charge in [-0.3, -0.25) is 0 Å². The average Bonchev–Trinajstić information content (AvgIpc) is 2.74. The Morgan fingerprint density at radius 3 is 2.11 bits per heavy atom. The van der Waals surface area contributed by atoms with Gasteiger partial charge in [0.25, 0.3) is 0 Å². The molecule has 0 bridgehead atoms. The number of hydrogen-bond acceptors (Lipinski definition) is 3. The molecule has 0 aliphatic carbocycles. The second kappa shape index (κ2) is 4.73. The Morgan fingerprint density at radius 1 is 1.16 bits per heavy atom. The predicted molar refractivity (Wildman–Crippen MR) is 57.6 cm³/mol. The third-order valence-electron chi connectivity index (χ3n) is 2.86. The minimum Gasteiger partial charge on any atom is -0.326 e. The summed E-state index contributed by atoms with van der Waals surface area (Å²) in [6.07, 6.45) is 0.306. The first-order chi connectivity index (χ1) is 8.75. The van der Waals surface area contributed by atoms with Crippen LogP contribution in [0.2, 0.25) is 0 Å². The Morgan fingerprint density at radius 2 is 1.68 bits per heavy atom. The van der Waals surface area contributed by atoms with E-state index < -0.39 is 44.2 Å². The zero-order chi connectivity index (χ0) is 14.4. The molecular formula is C10H10F4N2O2S. The molecule has 0 aromatic heterocycles. The van der Waals surface area contributed by atoms with E-state index in [-0.39, 0.29) is 19.2 Å². The van der Waals surface area contributed by atoms with E-state index in [9.17, 15) is 26.0 Å². The molecule has 4 nitrogen and oxygen atoms in total. The molecule has 1 aliphatic heterocycles. The monoisotopic (exact) mass is 298 g/mol. The fourth-order valence-corrected chi connectivity index (χ4v) is 3.52. The minimum atomic E-state index is -4.65. The van der Waals surface area contributed by atoms with Gasteiger partial charge in [0.2, 0.25) is 10.0 Å². The number of hydrogen-bond donors (Lipinski definition) is 1. The third kappa shape index (κ3) is 2.33. The molecule has 0 radical (unpaired) electrons. The molecule has 2 N–H and O–H groups in total. The molecule has 0 unspecified atom stereocenters. The van der Waals surface area contributed by atoms with Crippen molar-refractivity contribution in [1.29, 1.82) is 0 Å². The smallest absolute Gasteiger partial charge is 0.249 e. The van der Waals surface area contributed by atoms with Gasteiger partial charge in [0.1, 0.15) is 0 Å². The zero-order valence-corrected chi connectivity index (χ0v) is 10.4. The van der Waals surface area contributed by atoms with Crippen molar-refractivity contribution in [2.75, 3.05) is 13.1 Å². The average molecular weight is 298 g/mol. The lowest BCUT2D eigenvalue weighted by molar-refractivity contribution is 0.405. The van der Waals surface area contributed by atoms with E-state index in [1.807, 2.05) is 0 Å². The van der Waals surface area contributed by atoms with Gasteiger partial charge in [-0.15, -0.1) is 0 Å². The molecule has 1 aromatic carbocycles. The highest BCUT2D eigenvalue weighted by Gasteiger charge is 2.37. The molecule has 0 saturated carbocycles. The van der Waals surface area contributed by atoms with Crippen molar-refractivity contribution in [2.45, 2.75) is 17.4 Å². The Hall–Kier alpha value is -1.19. The van der Waals surface area contributed by atoms with Gasteiger partial charge in [-0.1, -0.05) is 0 Å². The first-order valence-electron chi connectivity index (χ1n) is 5.34. The lowest BCUT2D eigenvalue weighted by atomic mass is 10.3. The van der Waals surface area contributed by atoms with Crippen LogP contribution in [0.5, 0.6) is 0 Å². The van der Waals surface area contributed by atoms with Gasteiger partial charge in [-0.25, -0.2) is 26.0 Å². The molecule has 9 heteroatoms. The van der Waals surface area contributed by atoms with Gasteiger partial charge in [0.05, 0.1) is 0 Å². The maximum absolute atomic E-state index is 13.5. The van der Waals surface area contributed by atoms with Crippen molar-refractivity contribution in [3.05, 3.63) is 29.3 Å². The van der Waals surface area contributed by atoms with E-state index in [1.165, 1.54) is 0 Å². The summed E-state index contributed by atoms with van der Waals surface area (Å²) >= 11 is 0. The third-order valence-corrected chi connectivity index (χ3v) is 4.74. The van der Waals surface area contributed by atoms with Crippen LogP contribution in [0.3, 0.4) is 0 Å². The van der Waals surface area contributed by atoms with E-state index in [0.29, 0.717) is 10.7 Å². The van der Waals surface area contributed by atoms with Crippen LogP contribution in [0.15, 0.2) is 11.0 Å². The Balaban J connectivity index is 2.58. The van der Waals surface area contributed by atoms with Crippen LogP contribution < -0.4 is 5.73 Å². The van der Waals surface area contributed by atoms with Crippen molar-refractivity contribution in [1.82, 2.24) is 4.31 Å². The highest BCUT2D eigenvalue weighted by atomic mass is 32.2. The molecule has 1 aliphatic rings. The molecule has 1 fully saturated rings. The molecule has 1 heterocycles. The lowest BCUT2D eigenvalue weighted by Gasteiger charge is -2.17. The normalized spacial score (nSPS) is 21.0. The molecule has 106 valence electrons. The van der Waals surface area contributed by atoms with Crippen LogP contribution in [0.4, 0.5) is 17.6 Å². The Bertz CT molecular complexity index is 594. The van der Waals surface area contributed by atoms with E-state index in [0.717, 1.165) is 0 Å². The summed E-state index contributed by atoms with van der Waals surface area (Å²) in [4.78, 5) is -1.61. The SMILES string of the molecule is N[C@H]1CCN(S(=O)(=O)c2c(F)c(F)cc(F)c2F)C1. The fraction of sp³-hybridized carbons (Fsp3) is 0.400. The summed E-state index contributed by atoms with van der Waals surface area (Å²) in [5, 5.41) is 0. The summed E-state index contributed by atoms with van der Waals surface area (Å²) in [5.41, 5.74) is 5.49. The van der Waals surface area contributed by atoms with Gasteiger partial charge < -0.3 is 5.73 Å². The van der Waals surface area contributed by atoms with Crippen molar-refractivity contribution in [3.63, 3.8) is 0 Å². The van der Waals surface area contributed by atoms with Crippen LogP contribution >= 0.6 is 0 Å². The standard InChI is InChI=1S/C10H10F4N2O2S/c11-6-3-7(12)9(14)10(8(6)13)19(17,18)16-2-1-5(15)4-16/h3,5H,1-2,4,15H2/t5-/m0/s1. The first-order valence-corrected chi connectivity index (χ1v) is 6.78. The summed E-state index contributed by atoms with van der Waals surface area (Å²) in [7, 11) is -4.65. The molecule has 0 spiro atoms. The van der Waals surface area contributed by atoms with E-state index in [1.54, 1.807) is 0 Å². The topological polar surface area (TPSA) is 63.4 Å². The molecular weight excluding hydrogens is 288 g/mol. The summed E-state index contributed by atoms with van der Waals surface area (Å²) < 4.78 is 77.7. The van der Waals surface area contributed by atoms with Crippen LogP contribution in [0.1, 0.15) is 6.42 Å². The first kappa shape index (κ1) is 14.2. The molecule has 1 atom stereocenters. The van der Waals surface area contributed by atoms with Gasteiger partial charge in [-0.05, 0) is 6.42 Å². The summed E-state index contributed by atoms with van der Waals surface area (Å²) in [6, 6.07) is -0.515. The van der Waals surface area contributed by atoms with E-state index >= 15 is 0 Å². The maximum atomic E-state index is 13.5. The Kier molecular flexibility index (Phi) is 3.54. The Labute approximate surface area is 106 Å². The number of rotatable bonds is 2. The number of benzene rings is 1. The van der Waals surface area contributed by atoms with Crippen LogP contribution in [0, 0.1) is 23.3 Å². The number of sulfonamides is 1. The van der Waals surface area contributed by atoms with Gasteiger partial charge in [-0.2, -0.15) is 4.31 Å². The lowest BCUT2D eigenvalue weighted by Crippen LogP contribution is -2.33.